The predicted octanol–water partition coefficient (Wildman–Crippen LogP) is 18.1. The van der Waals surface area contributed by atoms with Crippen molar-refractivity contribution in [3.05, 3.63) is 97.2 Å². The van der Waals surface area contributed by atoms with Crippen LogP contribution in [-0.4, -0.2) is 37.2 Å². The molecule has 0 bridgehead atoms. The second-order valence-corrected chi connectivity index (χ2v) is 17.7. The molecule has 1 atom stereocenters. The zero-order valence-corrected chi connectivity index (χ0v) is 42.9. The summed E-state index contributed by atoms with van der Waals surface area (Å²) in [6.07, 6.45) is 71.0. The molecule has 0 aliphatic carbocycles. The molecule has 0 aromatic heterocycles. The first-order valence-corrected chi connectivity index (χ1v) is 27.2. The molecule has 0 amide bonds. The first-order valence-electron chi connectivity index (χ1n) is 27.2. The fourth-order valence-electron chi connectivity index (χ4n) is 7.27. The molecule has 0 fully saturated rings. The first-order chi connectivity index (χ1) is 32.5. The van der Waals surface area contributed by atoms with E-state index in [1.54, 1.807) is 0 Å². The van der Waals surface area contributed by atoms with E-state index in [2.05, 4.69) is 118 Å². The van der Waals surface area contributed by atoms with Gasteiger partial charge < -0.3 is 14.2 Å². The highest BCUT2D eigenvalue weighted by atomic mass is 16.6. The van der Waals surface area contributed by atoms with Gasteiger partial charge in [-0.3, -0.25) is 14.4 Å². The summed E-state index contributed by atoms with van der Waals surface area (Å²) >= 11 is 0. The van der Waals surface area contributed by atoms with E-state index in [4.69, 9.17) is 14.2 Å². The Labute approximate surface area is 407 Å². The lowest BCUT2D eigenvalue weighted by Crippen LogP contribution is -2.30. The van der Waals surface area contributed by atoms with Gasteiger partial charge in [-0.05, 0) is 116 Å². The third kappa shape index (κ3) is 51.3. The van der Waals surface area contributed by atoms with Crippen molar-refractivity contribution in [1.82, 2.24) is 0 Å². The smallest absolute Gasteiger partial charge is 0.306 e. The maximum atomic E-state index is 12.8. The van der Waals surface area contributed by atoms with Crippen LogP contribution in [0, 0.1) is 0 Å². The molecule has 0 aliphatic rings. The summed E-state index contributed by atoms with van der Waals surface area (Å²) in [5.74, 6) is -0.937. The van der Waals surface area contributed by atoms with Crippen LogP contribution < -0.4 is 0 Å². The molecule has 0 aromatic rings. The Balaban J connectivity index is 4.45. The zero-order chi connectivity index (χ0) is 47.9. The summed E-state index contributed by atoms with van der Waals surface area (Å²) in [5, 5.41) is 0. The van der Waals surface area contributed by atoms with Crippen LogP contribution in [-0.2, 0) is 28.6 Å². The summed E-state index contributed by atoms with van der Waals surface area (Å²) in [5.41, 5.74) is 0. The predicted molar refractivity (Wildman–Crippen MR) is 284 cm³/mol. The number of ether oxygens (including phenoxy) is 3. The SMILES string of the molecule is CC/C=C\C/C=C\C/C=C\CCCCCCCC(=O)OCC(COC(=O)CCCCCCCCC/C=C\C/C=C\CCCCCC)OC(=O)CCCCCCC/C=C\C/C=C\C/C=C\CC. The summed E-state index contributed by atoms with van der Waals surface area (Å²) in [7, 11) is 0. The van der Waals surface area contributed by atoms with Crippen molar-refractivity contribution >= 4 is 17.9 Å². The Kier molecular flexibility index (Phi) is 50.9. The minimum Gasteiger partial charge on any atom is -0.462 e. The summed E-state index contributed by atoms with van der Waals surface area (Å²) in [4.78, 5) is 38.1. The first kappa shape index (κ1) is 62.3. The second kappa shape index (κ2) is 53.9. The number of rotatable bonds is 48. The van der Waals surface area contributed by atoms with Crippen molar-refractivity contribution in [2.75, 3.05) is 13.2 Å². The van der Waals surface area contributed by atoms with Gasteiger partial charge in [0.1, 0.15) is 13.2 Å². The standard InChI is InChI=1S/C60H100O6/c1-4-7-10-13-16-19-22-25-28-29-30-33-35-38-41-44-47-50-53-59(62)65-56-57(66-60(63)54-51-48-45-42-39-36-32-27-24-21-18-15-12-9-6-3)55-64-58(61)52-49-46-43-40-37-34-31-26-23-20-17-14-11-8-5-2/h8-9,11-12,17-22,26-29,31-32,57H,4-7,10,13-16,23-25,30,33-56H2,1-3H3/b11-8-,12-9-,20-17-,21-18-,22-19-,29-28-,31-26-,32-27-. The van der Waals surface area contributed by atoms with Gasteiger partial charge in [0.05, 0.1) is 0 Å². The lowest BCUT2D eigenvalue weighted by molar-refractivity contribution is -0.167. The lowest BCUT2D eigenvalue weighted by atomic mass is 10.1. The van der Waals surface area contributed by atoms with E-state index < -0.39 is 6.10 Å². The van der Waals surface area contributed by atoms with Crippen LogP contribution in [0.5, 0.6) is 0 Å². The normalized spacial score (nSPS) is 12.8. The van der Waals surface area contributed by atoms with Crippen molar-refractivity contribution in [1.29, 1.82) is 0 Å². The van der Waals surface area contributed by atoms with Crippen LogP contribution in [0.25, 0.3) is 0 Å². The van der Waals surface area contributed by atoms with Crippen LogP contribution in [0.3, 0.4) is 0 Å². The van der Waals surface area contributed by atoms with E-state index in [0.717, 1.165) is 148 Å². The quantitative estimate of drug-likeness (QED) is 0.0262. The van der Waals surface area contributed by atoms with E-state index in [1.807, 2.05) is 0 Å². The Morgan fingerprint density at radius 3 is 0.924 bits per heavy atom. The van der Waals surface area contributed by atoms with Crippen LogP contribution in [0.15, 0.2) is 97.2 Å². The number of allylic oxidation sites excluding steroid dienone is 16. The maximum Gasteiger partial charge on any atom is 0.306 e. The van der Waals surface area contributed by atoms with Crippen molar-refractivity contribution in [3.63, 3.8) is 0 Å². The molecule has 0 aromatic carbocycles. The Morgan fingerprint density at radius 1 is 0.318 bits per heavy atom. The van der Waals surface area contributed by atoms with E-state index in [0.29, 0.717) is 19.3 Å². The van der Waals surface area contributed by atoms with Crippen LogP contribution in [0.1, 0.15) is 245 Å². The molecule has 0 heterocycles. The fourth-order valence-corrected chi connectivity index (χ4v) is 7.27. The van der Waals surface area contributed by atoms with Gasteiger partial charge in [0.25, 0.3) is 0 Å². The Bertz CT molecular complexity index is 1330. The van der Waals surface area contributed by atoms with Crippen LogP contribution in [0.4, 0.5) is 0 Å². The van der Waals surface area contributed by atoms with Gasteiger partial charge in [-0.1, -0.05) is 208 Å². The van der Waals surface area contributed by atoms with E-state index >= 15 is 0 Å². The minimum absolute atomic E-state index is 0.0954. The minimum atomic E-state index is -0.798. The molecule has 66 heavy (non-hydrogen) atoms. The van der Waals surface area contributed by atoms with Crippen molar-refractivity contribution in [2.24, 2.45) is 0 Å². The highest BCUT2D eigenvalue weighted by Crippen LogP contribution is 2.14. The monoisotopic (exact) mass is 917 g/mol. The van der Waals surface area contributed by atoms with Gasteiger partial charge >= 0.3 is 17.9 Å². The van der Waals surface area contributed by atoms with Crippen molar-refractivity contribution < 1.29 is 28.6 Å². The average molecular weight is 917 g/mol. The third-order valence-electron chi connectivity index (χ3n) is 11.3. The fraction of sp³-hybridized carbons (Fsp3) is 0.683. The van der Waals surface area contributed by atoms with Crippen molar-refractivity contribution in [2.45, 2.75) is 252 Å². The average Bonchev–Trinajstić information content (AvgIpc) is 3.31. The topological polar surface area (TPSA) is 78.9 Å². The molecule has 0 aliphatic heterocycles. The van der Waals surface area contributed by atoms with Gasteiger partial charge in [-0.15, -0.1) is 0 Å². The summed E-state index contributed by atoms with van der Waals surface area (Å²) in [6.45, 7) is 6.36. The van der Waals surface area contributed by atoms with Gasteiger partial charge in [-0.25, -0.2) is 0 Å². The number of unbranched alkanes of at least 4 members (excludes halogenated alkanes) is 21. The number of hydrogen-bond donors (Lipinski definition) is 0. The zero-order valence-electron chi connectivity index (χ0n) is 42.9. The number of esters is 3. The van der Waals surface area contributed by atoms with Gasteiger partial charge in [0, 0.05) is 19.3 Å². The molecule has 6 nitrogen and oxygen atoms in total. The second-order valence-electron chi connectivity index (χ2n) is 17.7. The molecule has 0 saturated carbocycles. The Morgan fingerprint density at radius 2 is 0.591 bits per heavy atom. The maximum absolute atomic E-state index is 12.8. The molecule has 0 saturated heterocycles. The van der Waals surface area contributed by atoms with E-state index in [9.17, 15) is 14.4 Å². The van der Waals surface area contributed by atoms with Gasteiger partial charge in [0.2, 0.25) is 0 Å². The molecule has 0 radical (unpaired) electrons. The van der Waals surface area contributed by atoms with Gasteiger partial charge in [-0.2, -0.15) is 0 Å². The van der Waals surface area contributed by atoms with E-state index in [-0.39, 0.29) is 31.1 Å². The Hall–Kier alpha value is -3.67. The molecule has 6 heteroatoms. The molecule has 0 rings (SSSR count). The molecule has 1 unspecified atom stereocenters. The molecular formula is C60H100O6. The van der Waals surface area contributed by atoms with Crippen molar-refractivity contribution in [3.8, 4) is 0 Å². The van der Waals surface area contributed by atoms with Crippen LogP contribution in [0.2, 0.25) is 0 Å². The lowest BCUT2D eigenvalue weighted by Gasteiger charge is -2.18. The van der Waals surface area contributed by atoms with Gasteiger partial charge in [0.15, 0.2) is 6.10 Å². The largest absolute Gasteiger partial charge is 0.462 e. The summed E-state index contributed by atoms with van der Waals surface area (Å²) in [6, 6.07) is 0. The van der Waals surface area contributed by atoms with Crippen LogP contribution >= 0.6 is 0 Å². The molecule has 376 valence electrons. The van der Waals surface area contributed by atoms with E-state index in [1.165, 1.54) is 57.8 Å². The highest BCUT2D eigenvalue weighted by molar-refractivity contribution is 5.71. The number of hydrogen-bond acceptors (Lipinski definition) is 6. The summed E-state index contributed by atoms with van der Waals surface area (Å²) < 4.78 is 16.8. The third-order valence-corrected chi connectivity index (χ3v) is 11.3. The number of carbonyl (C=O) groups excluding carboxylic acids is 3. The molecule has 0 spiro atoms. The highest BCUT2D eigenvalue weighted by Gasteiger charge is 2.19. The number of carbonyl (C=O) groups is 3. The molecular weight excluding hydrogens is 817 g/mol. The molecule has 0 N–H and O–H groups in total.